The molecular weight excluding hydrogens is 361 g/mol. The standard InChI is InChI=1S/C19H17F3N2O3/c20-18(21,22)6-27-10-5-23-2-1-7(10)4-24-17(26)19-13-9-3-8-11(13)15(19)16(25)12(8)14(9)19/h1-2,5,8-9,11-15H,3-4,6H2,(H,24,26). The molecule has 1 aromatic heterocycles. The van der Waals surface area contributed by atoms with Crippen molar-refractivity contribution in [2.75, 3.05) is 6.61 Å². The monoisotopic (exact) mass is 378 g/mol. The van der Waals surface area contributed by atoms with E-state index in [0.29, 0.717) is 35.0 Å². The molecule has 8 atom stereocenters. The molecular formula is C19H17F3N2O3. The maximum Gasteiger partial charge on any atom is 0.422 e. The fourth-order valence-corrected chi connectivity index (χ4v) is 7.59. The van der Waals surface area contributed by atoms with Gasteiger partial charge in [-0.25, -0.2) is 0 Å². The number of ketones is 1. The zero-order valence-electron chi connectivity index (χ0n) is 14.2. The van der Waals surface area contributed by atoms with Gasteiger partial charge in [0.15, 0.2) is 6.61 Å². The maximum absolute atomic E-state index is 13.0. The van der Waals surface area contributed by atoms with E-state index in [-0.39, 0.29) is 36.0 Å². The highest BCUT2D eigenvalue weighted by Crippen LogP contribution is 2.92. The molecule has 142 valence electrons. The van der Waals surface area contributed by atoms with E-state index in [0.717, 1.165) is 6.42 Å². The zero-order valence-corrected chi connectivity index (χ0v) is 14.2. The summed E-state index contributed by atoms with van der Waals surface area (Å²) in [6.45, 7) is -1.34. The predicted octanol–water partition coefficient (Wildman–Crippen LogP) is 1.97. The largest absolute Gasteiger partial charge is 0.482 e. The van der Waals surface area contributed by atoms with Gasteiger partial charge >= 0.3 is 6.18 Å². The molecule has 5 nitrogen and oxygen atoms in total. The molecule has 0 saturated heterocycles. The second-order valence-electron chi connectivity index (χ2n) is 8.60. The maximum atomic E-state index is 13.0. The summed E-state index contributed by atoms with van der Waals surface area (Å²) in [5.74, 6) is 2.18. The molecule has 6 aliphatic rings. The molecule has 0 radical (unpaired) electrons. The summed E-state index contributed by atoms with van der Waals surface area (Å²) >= 11 is 0. The van der Waals surface area contributed by atoms with E-state index >= 15 is 0 Å². The van der Waals surface area contributed by atoms with E-state index in [2.05, 4.69) is 10.3 Å². The quantitative estimate of drug-likeness (QED) is 0.851. The van der Waals surface area contributed by atoms with Gasteiger partial charge in [-0.1, -0.05) is 0 Å². The summed E-state index contributed by atoms with van der Waals surface area (Å²) in [4.78, 5) is 29.4. The minimum Gasteiger partial charge on any atom is -0.482 e. The zero-order chi connectivity index (χ0) is 18.7. The molecule has 0 spiro atoms. The number of Topliss-reactive ketones (excluding diaryl/α,β-unsaturated/α-hetero) is 1. The number of nitrogens with zero attached hydrogens (tertiary/aromatic N) is 1. The van der Waals surface area contributed by atoms with Crippen LogP contribution in [0.2, 0.25) is 0 Å². The fourth-order valence-electron chi connectivity index (χ4n) is 7.59. The summed E-state index contributed by atoms with van der Waals surface area (Å²) in [5, 5.41) is 2.88. The van der Waals surface area contributed by atoms with Gasteiger partial charge in [-0.15, -0.1) is 0 Å². The Labute approximate surface area is 152 Å². The van der Waals surface area contributed by atoms with Crippen LogP contribution < -0.4 is 10.1 Å². The molecule has 1 N–H and O–H groups in total. The molecule has 0 aliphatic heterocycles. The van der Waals surface area contributed by atoms with Crippen LogP contribution in [0.1, 0.15) is 12.0 Å². The van der Waals surface area contributed by atoms with Gasteiger partial charge in [0.1, 0.15) is 11.5 Å². The van der Waals surface area contributed by atoms with Crippen LogP contribution in [-0.2, 0) is 16.1 Å². The summed E-state index contributed by atoms with van der Waals surface area (Å²) in [6, 6.07) is 1.54. The molecule has 4 bridgehead atoms. The van der Waals surface area contributed by atoms with Crippen molar-refractivity contribution in [3.8, 4) is 5.75 Å². The van der Waals surface area contributed by atoms with Crippen LogP contribution in [-0.4, -0.2) is 29.5 Å². The normalized spacial score (nSPS) is 44.3. The Morgan fingerprint density at radius 3 is 2.89 bits per heavy atom. The van der Waals surface area contributed by atoms with Crippen LogP contribution in [0.25, 0.3) is 0 Å². The van der Waals surface area contributed by atoms with Crippen molar-refractivity contribution in [2.24, 2.45) is 46.8 Å². The second kappa shape index (κ2) is 4.64. The number of halogens is 3. The third-order valence-electron chi connectivity index (χ3n) is 7.96. The first-order valence-corrected chi connectivity index (χ1v) is 9.30. The smallest absolute Gasteiger partial charge is 0.422 e. The van der Waals surface area contributed by atoms with Crippen LogP contribution in [0.4, 0.5) is 13.2 Å². The van der Waals surface area contributed by atoms with Crippen molar-refractivity contribution in [3.63, 3.8) is 0 Å². The molecule has 6 fully saturated rings. The second-order valence-corrected chi connectivity index (χ2v) is 8.60. The van der Waals surface area contributed by atoms with Crippen molar-refractivity contribution in [1.29, 1.82) is 0 Å². The molecule has 1 aromatic rings. The lowest BCUT2D eigenvalue weighted by atomic mass is 9.31. The van der Waals surface area contributed by atoms with Crippen molar-refractivity contribution < 1.29 is 27.5 Å². The Hall–Kier alpha value is -2.12. The van der Waals surface area contributed by atoms with Gasteiger partial charge in [-0.05, 0) is 42.1 Å². The first-order chi connectivity index (χ1) is 12.9. The average molecular weight is 378 g/mol. The van der Waals surface area contributed by atoms with Crippen molar-refractivity contribution >= 4 is 11.7 Å². The summed E-state index contributed by atoms with van der Waals surface area (Å²) in [5.41, 5.74) is -0.0771. The van der Waals surface area contributed by atoms with Crippen LogP contribution in [0.3, 0.4) is 0 Å². The Balaban J connectivity index is 1.18. The van der Waals surface area contributed by atoms with Crippen molar-refractivity contribution in [1.82, 2.24) is 10.3 Å². The van der Waals surface area contributed by atoms with Gasteiger partial charge in [0.05, 0.1) is 11.6 Å². The van der Waals surface area contributed by atoms with Crippen LogP contribution in [0.15, 0.2) is 18.5 Å². The minimum atomic E-state index is -4.44. The van der Waals surface area contributed by atoms with E-state index in [1.165, 1.54) is 18.5 Å². The van der Waals surface area contributed by atoms with Gasteiger partial charge in [0.25, 0.3) is 0 Å². The van der Waals surface area contributed by atoms with Gasteiger partial charge in [-0.3, -0.25) is 14.6 Å². The van der Waals surface area contributed by atoms with Crippen LogP contribution in [0.5, 0.6) is 5.75 Å². The third kappa shape index (κ3) is 1.62. The van der Waals surface area contributed by atoms with E-state index in [1.54, 1.807) is 0 Å². The Bertz CT molecular complexity index is 887. The molecule has 1 heterocycles. The lowest BCUT2D eigenvalue weighted by molar-refractivity contribution is -0.248. The van der Waals surface area contributed by atoms with Gasteiger partial charge in [0, 0.05) is 30.1 Å². The number of hydrogen-bond acceptors (Lipinski definition) is 4. The number of carbonyl (C=O) groups excluding carboxylic acids is 2. The van der Waals surface area contributed by atoms with E-state index < -0.39 is 18.2 Å². The van der Waals surface area contributed by atoms with Crippen molar-refractivity contribution in [2.45, 2.75) is 19.1 Å². The molecule has 7 rings (SSSR count). The number of hydrogen-bond donors (Lipinski definition) is 1. The van der Waals surface area contributed by atoms with Gasteiger partial charge in [0.2, 0.25) is 5.91 Å². The average Bonchev–Trinajstić information content (AvgIpc) is 3.13. The molecule has 1 amide bonds. The van der Waals surface area contributed by atoms with E-state index in [1.807, 2.05) is 0 Å². The SMILES string of the molecule is O=C1C2C3CC4C2C2(C(=O)NCc5ccncc5OCC(F)(F)F)C1C3C42. The number of ether oxygens (including phenoxy) is 1. The molecule has 6 saturated carbocycles. The lowest BCUT2D eigenvalue weighted by Gasteiger charge is -2.70. The number of nitrogens with one attached hydrogen (secondary N) is 1. The lowest BCUT2D eigenvalue weighted by Crippen LogP contribution is -2.75. The van der Waals surface area contributed by atoms with Gasteiger partial charge < -0.3 is 10.1 Å². The minimum absolute atomic E-state index is 0.00977. The summed E-state index contributed by atoms with van der Waals surface area (Å²) < 4.78 is 42.1. The van der Waals surface area contributed by atoms with Gasteiger partial charge in [-0.2, -0.15) is 13.2 Å². The first-order valence-electron chi connectivity index (χ1n) is 9.30. The highest BCUT2D eigenvalue weighted by Gasteiger charge is 2.96. The number of amides is 1. The molecule has 0 aromatic carbocycles. The number of carbonyl (C=O) groups is 2. The van der Waals surface area contributed by atoms with Crippen LogP contribution in [0, 0.1) is 46.8 Å². The Kier molecular flexibility index (Phi) is 2.73. The Morgan fingerprint density at radius 2 is 2.15 bits per heavy atom. The highest BCUT2D eigenvalue weighted by atomic mass is 19.4. The highest BCUT2D eigenvalue weighted by molar-refractivity contribution is 6.04. The number of pyridine rings is 1. The van der Waals surface area contributed by atoms with E-state index in [4.69, 9.17) is 4.74 Å². The van der Waals surface area contributed by atoms with Crippen LogP contribution >= 0.6 is 0 Å². The molecule has 6 aliphatic carbocycles. The summed E-state index contributed by atoms with van der Waals surface area (Å²) in [6.07, 6.45) is -0.672. The fraction of sp³-hybridized carbons (Fsp3) is 0.632. The van der Waals surface area contributed by atoms with Crippen molar-refractivity contribution in [3.05, 3.63) is 24.0 Å². The number of rotatable bonds is 5. The number of aromatic nitrogens is 1. The topological polar surface area (TPSA) is 68.3 Å². The van der Waals surface area contributed by atoms with E-state index in [9.17, 15) is 22.8 Å². The predicted molar refractivity (Wildman–Crippen MR) is 84.1 cm³/mol. The molecule has 27 heavy (non-hydrogen) atoms. The third-order valence-corrected chi connectivity index (χ3v) is 7.96. The number of alkyl halides is 3. The first kappa shape index (κ1) is 15.9. The molecule has 8 unspecified atom stereocenters. The molecule has 8 heteroatoms. The Morgan fingerprint density at radius 1 is 1.33 bits per heavy atom. The summed E-state index contributed by atoms with van der Waals surface area (Å²) in [7, 11) is 0.